The van der Waals surface area contributed by atoms with Gasteiger partial charge in [-0.05, 0) is 66.8 Å². The molecule has 0 nitrogen and oxygen atoms in total. The van der Waals surface area contributed by atoms with Crippen molar-refractivity contribution in [3.63, 3.8) is 0 Å². The monoisotopic (exact) mass is 268 g/mol. The van der Waals surface area contributed by atoms with Crippen molar-refractivity contribution < 1.29 is 0 Å². The van der Waals surface area contributed by atoms with Crippen LogP contribution in [0.2, 0.25) is 0 Å². The molecule has 4 fully saturated rings. The van der Waals surface area contributed by atoms with Crippen LogP contribution in [0.5, 0.6) is 0 Å². The van der Waals surface area contributed by atoms with E-state index in [1.54, 1.807) is 12.0 Å². The molecule has 0 saturated heterocycles. The SMILES string of the molecule is CC(C)(C)C1(c2ccccc2)C2CC3CC(C2)CC1C3. The standard InChI is InChI=1S/C20H28/c1-19(2,3)20(16-7-5-4-6-8-16)17-10-14-9-15(12-17)13-18(20)11-14/h4-8,14-15,17-18H,9-13H2,1-3H3. The van der Waals surface area contributed by atoms with Crippen molar-refractivity contribution in [3.05, 3.63) is 35.9 Å². The predicted octanol–water partition coefficient (Wildman–Crippen LogP) is 5.43. The third-order valence-corrected chi connectivity index (χ3v) is 6.92. The Morgan fingerprint density at radius 1 is 0.800 bits per heavy atom. The van der Waals surface area contributed by atoms with Crippen LogP contribution in [0.1, 0.15) is 58.4 Å². The maximum Gasteiger partial charge on any atom is 0.00583 e. The van der Waals surface area contributed by atoms with Gasteiger partial charge in [0.15, 0.2) is 0 Å². The summed E-state index contributed by atoms with van der Waals surface area (Å²) < 4.78 is 0. The van der Waals surface area contributed by atoms with E-state index in [4.69, 9.17) is 0 Å². The molecule has 0 aliphatic heterocycles. The molecule has 1 aromatic rings. The molecule has 0 unspecified atom stereocenters. The highest BCUT2D eigenvalue weighted by atomic mass is 14.7. The zero-order valence-electron chi connectivity index (χ0n) is 13.2. The van der Waals surface area contributed by atoms with E-state index in [1.807, 2.05) is 0 Å². The van der Waals surface area contributed by atoms with Crippen LogP contribution in [-0.2, 0) is 5.41 Å². The van der Waals surface area contributed by atoms with Gasteiger partial charge < -0.3 is 0 Å². The molecule has 108 valence electrons. The Kier molecular flexibility index (Phi) is 2.66. The summed E-state index contributed by atoms with van der Waals surface area (Å²) in [6, 6.07) is 11.5. The van der Waals surface area contributed by atoms with E-state index in [1.165, 1.54) is 25.7 Å². The first-order valence-electron chi connectivity index (χ1n) is 8.57. The molecule has 0 amide bonds. The molecular weight excluding hydrogens is 240 g/mol. The van der Waals surface area contributed by atoms with Crippen LogP contribution >= 0.6 is 0 Å². The lowest BCUT2D eigenvalue weighted by molar-refractivity contribution is -0.110. The Morgan fingerprint density at radius 2 is 1.30 bits per heavy atom. The highest BCUT2D eigenvalue weighted by molar-refractivity contribution is 5.33. The topological polar surface area (TPSA) is 0 Å². The number of rotatable bonds is 1. The van der Waals surface area contributed by atoms with Crippen LogP contribution in [0.3, 0.4) is 0 Å². The summed E-state index contributed by atoms with van der Waals surface area (Å²) in [5, 5.41) is 0. The van der Waals surface area contributed by atoms with Gasteiger partial charge in [0.05, 0.1) is 0 Å². The van der Waals surface area contributed by atoms with Crippen LogP contribution in [0.4, 0.5) is 0 Å². The van der Waals surface area contributed by atoms with E-state index in [9.17, 15) is 0 Å². The number of hydrogen-bond donors (Lipinski definition) is 0. The summed E-state index contributed by atoms with van der Waals surface area (Å²) in [4.78, 5) is 0. The Morgan fingerprint density at radius 3 is 1.75 bits per heavy atom. The zero-order valence-corrected chi connectivity index (χ0v) is 13.2. The summed E-state index contributed by atoms with van der Waals surface area (Å²) in [5.41, 5.74) is 2.44. The van der Waals surface area contributed by atoms with Crippen molar-refractivity contribution in [2.75, 3.05) is 0 Å². The van der Waals surface area contributed by atoms with E-state index in [-0.39, 0.29) is 0 Å². The Hall–Kier alpha value is -0.780. The van der Waals surface area contributed by atoms with Gasteiger partial charge >= 0.3 is 0 Å². The summed E-state index contributed by atoms with van der Waals surface area (Å²) in [7, 11) is 0. The molecule has 1 aromatic carbocycles. The van der Waals surface area contributed by atoms with Crippen molar-refractivity contribution in [3.8, 4) is 0 Å². The fourth-order valence-electron chi connectivity index (χ4n) is 6.77. The third kappa shape index (κ3) is 1.54. The van der Waals surface area contributed by atoms with Crippen molar-refractivity contribution >= 4 is 0 Å². The third-order valence-electron chi connectivity index (χ3n) is 6.92. The molecule has 0 heterocycles. The van der Waals surface area contributed by atoms with Crippen LogP contribution < -0.4 is 0 Å². The first-order valence-corrected chi connectivity index (χ1v) is 8.57. The van der Waals surface area contributed by atoms with Gasteiger partial charge in [0.1, 0.15) is 0 Å². The van der Waals surface area contributed by atoms with Crippen molar-refractivity contribution in [1.29, 1.82) is 0 Å². The molecule has 0 atom stereocenters. The molecule has 4 saturated carbocycles. The molecule has 20 heavy (non-hydrogen) atoms. The Balaban J connectivity index is 1.89. The van der Waals surface area contributed by atoms with E-state index in [0.29, 0.717) is 10.8 Å². The smallest absolute Gasteiger partial charge is 0.00583 e. The predicted molar refractivity (Wildman–Crippen MR) is 84.6 cm³/mol. The molecule has 0 N–H and O–H groups in total. The van der Waals surface area contributed by atoms with E-state index < -0.39 is 0 Å². The zero-order chi connectivity index (χ0) is 14.0. The summed E-state index contributed by atoms with van der Waals surface area (Å²) in [6.45, 7) is 7.51. The van der Waals surface area contributed by atoms with Gasteiger partial charge in [-0.3, -0.25) is 0 Å². The van der Waals surface area contributed by atoms with Crippen LogP contribution in [0.25, 0.3) is 0 Å². The van der Waals surface area contributed by atoms with Gasteiger partial charge in [0.25, 0.3) is 0 Å². The van der Waals surface area contributed by atoms with Crippen molar-refractivity contribution in [2.45, 2.75) is 58.3 Å². The van der Waals surface area contributed by atoms with Gasteiger partial charge in [-0.2, -0.15) is 0 Å². The molecule has 0 heteroatoms. The average molecular weight is 268 g/mol. The van der Waals surface area contributed by atoms with E-state index in [0.717, 1.165) is 23.7 Å². The lowest BCUT2D eigenvalue weighted by atomic mass is 9.38. The average Bonchev–Trinajstić information content (AvgIpc) is 2.37. The summed E-state index contributed by atoms with van der Waals surface area (Å²) >= 11 is 0. The molecular formula is C20H28. The summed E-state index contributed by atoms with van der Waals surface area (Å²) in [6.07, 6.45) is 7.54. The molecule has 0 spiro atoms. The number of hydrogen-bond acceptors (Lipinski definition) is 0. The maximum absolute atomic E-state index is 2.50. The molecule has 4 aliphatic rings. The second kappa shape index (κ2) is 4.12. The number of benzene rings is 1. The minimum absolute atomic E-state index is 0.372. The van der Waals surface area contributed by atoms with E-state index >= 15 is 0 Å². The quantitative estimate of drug-likeness (QED) is 0.637. The highest BCUT2D eigenvalue weighted by Crippen LogP contribution is 2.67. The van der Waals surface area contributed by atoms with Gasteiger partial charge in [0, 0.05) is 5.41 Å². The lowest BCUT2D eigenvalue weighted by Gasteiger charge is -2.66. The molecule has 4 aliphatic carbocycles. The molecule has 0 radical (unpaired) electrons. The molecule has 4 bridgehead atoms. The van der Waals surface area contributed by atoms with Crippen LogP contribution in [0.15, 0.2) is 30.3 Å². The molecule has 5 rings (SSSR count). The Bertz CT molecular complexity index is 463. The van der Waals surface area contributed by atoms with Crippen molar-refractivity contribution in [1.82, 2.24) is 0 Å². The normalized spacial score (nSPS) is 43.0. The maximum atomic E-state index is 2.50. The van der Waals surface area contributed by atoms with Gasteiger partial charge in [-0.15, -0.1) is 0 Å². The van der Waals surface area contributed by atoms with Gasteiger partial charge in [0.2, 0.25) is 0 Å². The van der Waals surface area contributed by atoms with E-state index in [2.05, 4.69) is 51.1 Å². The van der Waals surface area contributed by atoms with Crippen LogP contribution in [-0.4, -0.2) is 0 Å². The largest absolute Gasteiger partial charge is 0.0622 e. The minimum atomic E-state index is 0.372. The van der Waals surface area contributed by atoms with Crippen molar-refractivity contribution in [2.24, 2.45) is 29.1 Å². The Labute approximate surface area is 124 Å². The lowest BCUT2D eigenvalue weighted by Crippen LogP contribution is -2.61. The van der Waals surface area contributed by atoms with Crippen LogP contribution in [0, 0.1) is 29.1 Å². The first kappa shape index (κ1) is 12.9. The summed E-state index contributed by atoms with van der Waals surface area (Å²) in [5.74, 6) is 3.97. The highest BCUT2D eigenvalue weighted by Gasteiger charge is 2.61. The van der Waals surface area contributed by atoms with Gasteiger partial charge in [-0.1, -0.05) is 51.1 Å². The van der Waals surface area contributed by atoms with Gasteiger partial charge in [-0.25, -0.2) is 0 Å². The minimum Gasteiger partial charge on any atom is -0.0622 e. The fourth-order valence-corrected chi connectivity index (χ4v) is 6.77. The second-order valence-corrected chi connectivity index (χ2v) is 8.79. The molecule has 0 aromatic heterocycles. The first-order chi connectivity index (χ1) is 9.52. The fraction of sp³-hybridized carbons (Fsp3) is 0.700. The second-order valence-electron chi connectivity index (χ2n) is 8.79.